The molecule has 0 aromatic heterocycles. The fraction of sp³-hybridized carbons (Fsp3) is 0.571. The predicted molar refractivity (Wildman–Crippen MR) is 67.2 cm³/mol. The lowest BCUT2D eigenvalue weighted by Crippen LogP contribution is -2.30. The second kappa shape index (κ2) is 6.62. The summed E-state index contributed by atoms with van der Waals surface area (Å²) >= 11 is 0. The van der Waals surface area contributed by atoms with Gasteiger partial charge in [-0.3, -0.25) is 0 Å². The summed E-state index contributed by atoms with van der Waals surface area (Å²) in [6.45, 7) is 7.85. The van der Waals surface area contributed by atoms with E-state index in [1.54, 1.807) is 0 Å². The van der Waals surface area contributed by atoms with E-state index < -0.39 is 0 Å². The van der Waals surface area contributed by atoms with Gasteiger partial charge in [-0.05, 0) is 24.3 Å². The Kier molecular flexibility index (Phi) is 5.41. The standard InChI is InChI=1S/C14H23N/c1-4-14(5-2)15-11-12(3)13-9-7-6-8-10-13/h6-10,12,14-15H,4-5,11H2,1-3H3/t12-/m1/s1. The van der Waals surface area contributed by atoms with Gasteiger partial charge >= 0.3 is 0 Å². The van der Waals surface area contributed by atoms with E-state index in [1.807, 2.05) is 0 Å². The van der Waals surface area contributed by atoms with Gasteiger partial charge in [0.25, 0.3) is 0 Å². The first-order valence-corrected chi connectivity index (χ1v) is 6.06. The van der Waals surface area contributed by atoms with Crippen LogP contribution in [-0.2, 0) is 0 Å². The van der Waals surface area contributed by atoms with E-state index in [-0.39, 0.29) is 0 Å². The van der Waals surface area contributed by atoms with Crippen LogP contribution < -0.4 is 5.32 Å². The lowest BCUT2D eigenvalue weighted by Gasteiger charge is -2.18. The molecule has 0 aliphatic heterocycles. The first kappa shape index (κ1) is 12.3. The Balaban J connectivity index is 2.39. The van der Waals surface area contributed by atoms with E-state index in [1.165, 1.54) is 18.4 Å². The average molecular weight is 205 g/mol. The molecule has 0 saturated heterocycles. The van der Waals surface area contributed by atoms with Crippen molar-refractivity contribution >= 4 is 0 Å². The van der Waals surface area contributed by atoms with Gasteiger partial charge in [-0.25, -0.2) is 0 Å². The van der Waals surface area contributed by atoms with Crippen molar-refractivity contribution in [2.45, 2.75) is 45.6 Å². The molecule has 84 valence electrons. The van der Waals surface area contributed by atoms with Crippen molar-refractivity contribution in [1.82, 2.24) is 5.32 Å². The average Bonchev–Trinajstić information content (AvgIpc) is 2.31. The highest BCUT2D eigenvalue weighted by atomic mass is 14.9. The third kappa shape index (κ3) is 4.05. The largest absolute Gasteiger partial charge is 0.313 e. The van der Waals surface area contributed by atoms with Crippen LogP contribution in [0.15, 0.2) is 30.3 Å². The summed E-state index contributed by atoms with van der Waals surface area (Å²) in [6.07, 6.45) is 2.44. The van der Waals surface area contributed by atoms with Crippen molar-refractivity contribution in [3.8, 4) is 0 Å². The van der Waals surface area contributed by atoms with Gasteiger partial charge in [-0.2, -0.15) is 0 Å². The minimum atomic E-state index is 0.604. The van der Waals surface area contributed by atoms with E-state index in [2.05, 4.69) is 56.4 Å². The Morgan fingerprint density at radius 1 is 1.07 bits per heavy atom. The Bertz CT molecular complexity index is 251. The quantitative estimate of drug-likeness (QED) is 0.748. The van der Waals surface area contributed by atoms with Crippen LogP contribution in [0.1, 0.15) is 45.1 Å². The molecule has 0 heterocycles. The van der Waals surface area contributed by atoms with Crippen molar-refractivity contribution in [3.63, 3.8) is 0 Å². The molecule has 1 aromatic rings. The van der Waals surface area contributed by atoms with Crippen LogP contribution >= 0.6 is 0 Å². The van der Waals surface area contributed by atoms with Crippen LogP contribution in [-0.4, -0.2) is 12.6 Å². The molecule has 1 rings (SSSR count). The molecule has 0 spiro atoms. The van der Waals surface area contributed by atoms with Crippen LogP contribution in [0.4, 0.5) is 0 Å². The highest BCUT2D eigenvalue weighted by Gasteiger charge is 2.07. The summed E-state index contributed by atoms with van der Waals surface area (Å²) in [5, 5.41) is 3.62. The summed E-state index contributed by atoms with van der Waals surface area (Å²) < 4.78 is 0. The maximum absolute atomic E-state index is 3.62. The number of hydrogen-bond donors (Lipinski definition) is 1. The van der Waals surface area contributed by atoms with Crippen LogP contribution in [0.2, 0.25) is 0 Å². The zero-order valence-corrected chi connectivity index (χ0v) is 10.2. The minimum absolute atomic E-state index is 0.604. The Hall–Kier alpha value is -0.820. The molecule has 1 aromatic carbocycles. The highest BCUT2D eigenvalue weighted by molar-refractivity contribution is 5.18. The fourth-order valence-corrected chi connectivity index (χ4v) is 1.82. The molecule has 1 atom stereocenters. The SMILES string of the molecule is CCC(CC)NC[C@@H](C)c1ccccc1. The summed E-state index contributed by atoms with van der Waals surface area (Å²) in [5.74, 6) is 0.604. The van der Waals surface area contributed by atoms with Gasteiger partial charge in [-0.15, -0.1) is 0 Å². The molecule has 1 nitrogen and oxygen atoms in total. The predicted octanol–water partition coefficient (Wildman–Crippen LogP) is 3.57. The Morgan fingerprint density at radius 2 is 1.67 bits per heavy atom. The van der Waals surface area contributed by atoms with Crippen molar-refractivity contribution in [3.05, 3.63) is 35.9 Å². The van der Waals surface area contributed by atoms with E-state index in [0.29, 0.717) is 12.0 Å². The molecule has 1 N–H and O–H groups in total. The fourth-order valence-electron chi connectivity index (χ4n) is 1.82. The molecule has 0 radical (unpaired) electrons. The molecule has 1 heteroatoms. The normalized spacial score (nSPS) is 13.1. The van der Waals surface area contributed by atoms with Gasteiger partial charge < -0.3 is 5.32 Å². The van der Waals surface area contributed by atoms with Crippen LogP contribution in [0.25, 0.3) is 0 Å². The molecule has 0 bridgehead atoms. The van der Waals surface area contributed by atoms with Crippen LogP contribution in [0, 0.1) is 0 Å². The van der Waals surface area contributed by atoms with E-state index in [9.17, 15) is 0 Å². The van der Waals surface area contributed by atoms with Crippen molar-refractivity contribution in [2.24, 2.45) is 0 Å². The van der Waals surface area contributed by atoms with Crippen molar-refractivity contribution in [1.29, 1.82) is 0 Å². The van der Waals surface area contributed by atoms with Gasteiger partial charge in [0.1, 0.15) is 0 Å². The minimum Gasteiger partial charge on any atom is -0.313 e. The lowest BCUT2D eigenvalue weighted by molar-refractivity contribution is 0.467. The van der Waals surface area contributed by atoms with Crippen LogP contribution in [0.5, 0.6) is 0 Å². The van der Waals surface area contributed by atoms with Crippen molar-refractivity contribution in [2.75, 3.05) is 6.54 Å². The molecule has 0 aliphatic carbocycles. The molecule has 0 saturated carbocycles. The first-order chi connectivity index (χ1) is 7.27. The molecule has 0 aliphatic rings. The summed E-state index contributed by atoms with van der Waals surface area (Å²) in [7, 11) is 0. The summed E-state index contributed by atoms with van der Waals surface area (Å²) in [5.41, 5.74) is 1.43. The Morgan fingerprint density at radius 3 is 2.20 bits per heavy atom. The number of benzene rings is 1. The first-order valence-electron chi connectivity index (χ1n) is 6.06. The number of hydrogen-bond acceptors (Lipinski definition) is 1. The third-order valence-corrected chi connectivity index (χ3v) is 3.07. The van der Waals surface area contributed by atoms with Crippen LogP contribution in [0.3, 0.4) is 0 Å². The molecular formula is C14H23N. The smallest absolute Gasteiger partial charge is 0.00620 e. The molecule has 0 unspecified atom stereocenters. The topological polar surface area (TPSA) is 12.0 Å². The maximum atomic E-state index is 3.62. The van der Waals surface area contributed by atoms with Gasteiger partial charge in [-0.1, -0.05) is 51.1 Å². The van der Waals surface area contributed by atoms with Gasteiger partial charge in [0.05, 0.1) is 0 Å². The molecule has 15 heavy (non-hydrogen) atoms. The maximum Gasteiger partial charge on any atom is 0.00620 e. The highest BCUT2D eigenvalue weighted by Crippen LogP contribution is 2.13. The third-order valence-electron chi connectivity index (χ3n) is 3.07. The van der Waals surface area contributed by atoms with Gasteiger partial charge in [0.2, 0.25) is 0 Å². The second-order valence-corrected chi connectivity index (χ2v) is 4.23. The Labute approximate surface area is 93.9 Å². The monoisotopic (exact) mass is 205 g/mol. The number of nitrogens with one attached hydrogen (secondary N) is 1. The van der Waals surface area contributed by atoms with E-state index >= 15 is 0 Å². The van der Waals surface area contributed by atoms with Crippen molar-refractivity contribution < 1.29 is 0 Å². The molecule has 0 fully saturated rings. The molecular weight excluding hydrogens is 182 g/mol. The summed E-state index contributed by atoms with van der Waals surface area (Å²) in [4.78, 5) is 0. The van der Waals surface area contributed by atoms with E-state index in [0.717, 1.165) is 6.54 Å². The second-order valence-electron chi connectivity index (χ2n) is 4.23. The number of rotatable bonds is 6. The lowest BCUT2D eigenvalue weighted by atomic mass is 10.0. The zero-order valence-electron chi connectivity index (χ0n) is 10.2. The summed E-state index contributed by atoms with van der Waals surface area (Å²) in [6, 6.07) is 11.4. The molecule has 0 amide bonds. The zero-order chi connectivity index (χ0) is 11.1. The van der Waals surface area contributed by atoms with E-state index in [4.69, 9.17) is 0 Å². The van der Waals surface area contributed by atoms with Gasteiger partial charge in [0.15, 0.2) is 0 Å². The van der Waals surface area contributed by atoms with Gasteiger partial charge in [0, 0.05) is 12.6 Å².